The first-order valence-corrected chi connectivity index (χ1v) is 5.55. The van der Waals surface area contributed by atoms with Gasteiger partial charge in [0, 0.05) is 5.41 Å². The highest BCUT2D eigenvalue weighted by atomic mass is 127. The van der Waals surface area contributed by atoms with Crippen molar-refractivity contribution in [1.82, 2.24) is 4.98 Å². The molecule has 1 aromatic heterocycles. The number of halogens is 1. The Labute approximate surface area is 90.5 Å². The van der Waals surface area contributed by atoms with Gasteiger partial charge < -0.3 is 4.74 Å². The molecule has 1 heterocycles. The summed E-state index contributed by atoms with van der Waals surface area (Å²) in [6.07, 6.45) is 0. The Balaban J connectivity index is 3.08. The highest BCUT2D eigenvalue weighted by Crippen LogP contribution is 2.33. The van der Waals surface area contributed by atoms with Gasteiger partial charge in [-0.05, 0) is 22.6 Å². The van der Waals surface area contributed by atoms with Gasteiger partial charge in [-0.15, -0.1) is 0 Å². The number of hydrogen-bond donors (Lipinski definition) is 0. The van der Waals surface area contributed by atoms with Crippen molar-refractivity contribution < 1.29 is 4.74 Å². The normalized spacial score (nSPS) is 11.8. The Morgan fingerprint density at radius 1 is 1.42 bits per heavy atom. The Bertz CT molecular complexity index is 277. The van der Waals surface area contributed by atoms with Crippen LogP contribution in [0.5, 0.6) is 5.19 Å². The third kappa shape index (κ3) is 2.10. The van der Waals surface area contributed by atoms with Crippen LogP contribution in [-0.2, 0) is 5.41 Å². The summed E-state index contributed by atoms with van der Waals surface area (Å²) in [6.45, 7) is 6.47. The van der Waals surface area contributed by atoms with E-state index in [9.17, 15) is 0 Å². The third-order valence-corrected chi connectivity index (χ3v) is 3.43. The zero-order valence-electron chi connectivity index (χ0n) is 7.64. The lowest BCUT2D eigenvalue weighted by molar-refractivity contribution is 0.407. The van der Waals surface area contributed by atoms with Crippen LogP contribution in [0, 0.1) is 2.88 Å². The average Bonchev–Trinajstić information content (AvgIpc) is 2.29. The minimum absolute atomic E-state index is 0.115. The zero-order chi connectivity index (χ0) is 9.35. The monoisotopic (exact) mass is 297 g/mol. The lowest BCUT2D eigenvalue weighted by atomic mass is 9.93. The van der Waals surface area contributed by atoms with E-state index >= 15 is 0 Å². The molecule has 0 aliphatic rings. The molecule has 0 radical (unpaired) electrons. The second kappa shape index (κ2) is 3.49. The van der Waals surface area contributed by atoms with Crippen molar-refractivity contribution in [2.75, 3.05) is 7.11 Å². The van der Waals surface area contributed by atoms with Gasteiger partial charge in [-0.3, -0.25) is 0 Å². The van der Waals surface area contributed by atoms with Crippen LogP contribution in [0.3, 0.4) is 0 Å². The van der Waals surface area contributed by atoms with Crippen LogP contribution in [0.25, 0.3) is 0 Å². The van der Waals surface area contributed by atoms with Crippen LogP contribution in [-0.4, -0.2) is 12.1 Å². The molecule has 0 atom stereocenters. The fraction of sp³-hybridized carbons (Fsp3) is 0.625. The Morgan fingerprint density at radius 3 is 2.25 bits per heavy atom. The second-order valence-electron chi connectivity index (χ2n) is 3.56. The summed E-state index contributed by atoms with van der Waals surface area (Å²) in [5, 5.41) is 0.754. The van der Waals surface area contributed by atoms with Crippen molar-refractivity contribution in [2.45, 2.75) is 26.2 Å². The van der Waals surface area contributed by atoms with Crippen molar-refractivity contribution >= 4 is 33.9 Å². The van der Waals surface area contributed by atoms with Gasteiger partial charge in [0.05, 0.1) is 15.7 Å². The molecular weight excluding hydrogens is 285 g/mol. The standard InChI is InChI=1S/C8H12INOS/c1-8(2,3)5-6(9)12-7(10-5)11-4/h1-4H3. The number of thiazole rings is 1. The molecule has 0 aromatic carbocycles. The topological polar surface area (TPSA) is 22.1 Å². The van der Waals surface area contributed by atoms with Gasteiger partial charge >= 0.3 is 0 Å². The van der Waals surface area contributed by atoms with E-state index in [-0.39, 0.29) is 5.41 Å². The van der Waals surface area contributed by atoms with Crippen molar-refractivity contribution in [3.05, 3.63) is 8.58 Å². The summed E-state index contributed by atoms with van der Waals surface area (Å²) in [5.41, 5.74) is 1.24. The number of ether oxygens (including phenoxy) is 1. The molecule has 0 aliphatic heterocycles. The fourth-order valence-electron chi connectivity index (χ4n) is 0.833. The summed E-state index contributed by atoms with van der Waals surface area (Å²) < 4.78 is 6.29. The molecule has 0 saturated carbocycles. The molecule has 2 nitrogen and oxygen atoms in total. The minimum atomic E-state index is 0.115. The Morgan fingerprint density at radius 2 is 2.00 bits per heavy atom. The molecule has 12 heavy (non-hydrogen) atoms. The Kier molecular flexibility index (Phi) is 2.98. The average molecular weight is 297 g/mol. The summed E-state index contributed by atoms with van der Waals surface area (Å²) >= 11 is 3.90. The van der Waals surface area contributed by atoms with Crippen LogP contribution >= 0.6 is 33.9 Å². The molecule has 0 bridgehead atoms. The molecule has 4 heteroatoms. The summed E-state index contributed by atoms with van der Waals surface area (Å²) in [4.78, 5) is 4.39. The molecule has 0 aliphatic carbocycles. The van der Waals surface area contributed by atoms with Gasteiger partial charge in [0.15, 0.2) is 0 Å². The molecule has 0 fully saturated rings. The Hall–Kier alpha value is 0.160. The number of rotatable bonds is 1. The van der Waals surface area contributed by atoms with Gasteiger partial charge in [-0.2, -0.15) is 0 Å². The molecule has 0 N–H and O–H groups in total. The maximum absolute atomic E-state index is 5.07. The van der Waals surface area contributed by atoms with Gasteiger partial charge in [0.25, 0.3) is 5.19 Å². The predicted octanol–water partition coefficient (Wildman–Crippen LogP) is 3.05. The number of nitrogens with zero attached hydrogens (tertiary/aromatic N) is 1. The molecule has 68 valence electrons. The maximum atomic E-state index is 5.07. The highest BCUT2D eigenvalue weighted by molar-refractivity contribution is 14.1. The lowest BCUT2D eigenvalue weighted by Gasteiger charge is -2.15. The van der Waals surface area contributed by atoms with E-state index in [1.165, 1.54) is 2.88 Å². The molecule has 0 saturated heterocycles. The van der Waals surface area contributed by atoms with E-state index in [1.807, 2.05) is 0 Å². The molecule has 0 spiro atoms. The van der Waals surface area contributed by atoms with Crippen LogP contribution in [0.15, 0.2) is 0 Å². The smallest absolute Gasteiger partial charge is 0.274 e. The molecule has 1 rings (SSSR count). The first-order chi connectivity index (χ1) is 5.45. The molecular formula is C8H12INOS. The van der Waals surface area contributed by atoms with Crippen molar-refractivity contribution in [3.8, 4) is 5.19 Å². The maximum Gasteiger partial charge on any atom is 0.274 e. The molecule has 1 aromatic rings. The van der Waals surface area contributed by atoms with Crippen LogP contribution in [0.2, 0.25) is 0 Å². The largest absolute Gasteiger partial charge is 0.473 e. The highest BCUT2D eigenvalue weighted by Gasteiger charge is 2.22. The summed E-state index contributed by atoms with van der Waals surface area (Å²) in [5.74, 6) is 0. The van der Waals surface area contributed by atoms with E-state index in [0.717, 1.165) is 10.9 Å². The summed E-state index contributed by atoms with van der Waals surface area (Å²) in [7, 11) is 1.65. The van der Waals surface area contributed by atoms with Crippen LogP contribution in [0.4, 0.5) is 0 Å². The van der Waals surface area contributed by atoms with E-state index in [2.05, 4.69) is 48.3 Å². The lowest BCUT2D eigenvalue weighted by Crippen LogP contribution is -2.12. The SMILES string of the molecule is COc1nc(C(C)(C)C)c(I)s1. The van der Waals surface area contributed by atoms with E-state index in [0.29, 0.717) is 0 Å². The number of methoxy groups -OCH3 is 1. The van der Waals surface area contributed by atoms with Gasteiger partial charge in [0.2, 0.25) is 0 Å². The van der Waals surface area contributed by atoms with Gasteiger partial charge in [-0.25, -0.2) is 4.98 Å². The first-order valence-electron chi connectivity index (χ1n) is 3.66. The van der Waals surface area contributed by atoms with Crippen LogP contribution in [0.1, 0.15) is 26.5 Å². The van der Waals surface area contributed by atoms with E-state index < -0.39 is 0 Å². The van der Waals surface area contributed by atoms with E-state index in [1.54, 1.807) is 18.4 Å². The first kappa shape index (κ1) is 10.2. The van der Waals surface area contributed by atoms with Crippen molar-refractivity contribution in [3.63, 3.8) is 0 Å². The van der Waals surface area contributed by atoms with Crippen molar-refractivity contribution in [2.24, 2.45) is 0 Å². The third-order valence-electron chi connectivity index (χ3n) is 1.45. The summed E-state index contributed by atoms with van der Waals surface area (Å²) in [6, 6.07) is 0. The quantitative estimate of drug-likeness (QED) is 0.743. The van der Waals surface area contributed by atoms with Crippen LogP contribution < -0.4 is 4.74 Å². The van der Waals surface area contributed by atoms with E-state index in [4.69, 9.17) is 4.74 Å². The predicted molar refractivity (Wildman–Crippen MR) is 60.1 cm³/mol. The van der Waals surface area contributed by atoms with Gasteiger partial charge in [0.1, 0.15) is 0 Å². The minimum Gasteiger partial charge on any atom is -0.473 e. The number of hydrogen-bond acceptors (Lipinski definition) is 3. The second-order valence-corrected chi connectivity index (χ2v) is 6.33. The number of aromatic nitrogens is 1. The zero-order valence-corrected chi connectivity index (χ0v) is 10.6. The molecule has 0 unspecified atom stereocenters. The molecule has 0 amide bonds. The van der Waals surface area contributed by atoms with Crippen molar-refractivity contribution in [1.29, 1.82) is 0 Å². The fourth-order valence-corrected chi connectivity index (χ4v) is 3.15. The van der Waals surface area contributed by atoms with Gasteiger partial charge in [-0.1, -0.05) is 32.1 Å².